The second-order valence-electron chi connectivity index (χ2n) is 8.00. The number of nitrogens with zero attached hydrogens (tertiary/aromatic N) is 2. The highest BCUT2D eigenvalue weighted by molar-refractivity contribution is 7.09. The maximum atomic E-state index is 13.1. The monoisotopic (exact) mass is 437 g/mol. The molecule has 7 heteroatoms. The Morgan fingerprint density at radius 1 is 1.29 bits per heavy atom. The largest absolute Gasteiger partial charge is 0.461 e. The number of likely N-dealkylation sites (N-methyl/N-ethyl adjacent to an activating group) is 1. The molecule has 1 aliphatic carbocycles. The number of dihydropyridines is 1. The number of carbonyl (C=O) groups is 2. The average Bonchev–Trinajstić information content (AvgIpc) is 3.28. The smallest absolute Gasteiger partial charge is 0.336 e. The Hall–Kier alpha value is -2.77. The van der Waals surface area contributed by atoms with Gasteiger partial charge in [0, 0.05) is 48.1 Å². The number of Topliss-reactive ketones (excluding diaryl/α,β-unsaturated/α-hetero) is 1. The molecule has 0 radical (unpaired) electrons. The zero-order chi connectivity index (χ0) is 21.8. The van der Waals surface area contributed by atoms with Gasteiger partial charge in [-0.1, -0.05) is 30.3 Å². The Labute approximate surface area is 186 Å². The molecule has 1 N–H and O–H groups in total. The number of aromatic nitrogens is 1. The fourth-order valence-electron chi connectivity index (χ4n) is 4.22. The molecule has 31 heavy (non-hydrogen) atoms. The Bertz CT molecular complexity index is 1010. The molecule has 0 fully saturated rings. The number of ketones is 1. The van der Waals surface area contributed by atoms with Crippen LogP contribution in [0.1, 0.15) is 42.7 Å². The van der Waals surface area contributed by atoms with Crippen molar-refractivity contribution in [2.24, 2.45) is 0 Å². The minimum atomic E-state index is -0.446. The fraction of sp³-hybridized carbons (Fsp3) is 0.375. The van der Waals surface area contributed by atoms with Crippen LogP contribution < -0.4 is 5.32 Å². The van der Waals surface area contributed by atoms with Gasteiger partial charge in [-0.05, 0) is 32.4 Å². The predicted octanol–water partition coefficient (Wildman–Crippen LogP) is 3.79. The van der Waals surface area contributed by atoms with Crippen molar-refractivity contribution < 1.29 is 14.3 Å². The van der Waals surface area contributed by atoms with Gasteiger partial charge in [0.1, 0.15) is 11.6 Å². The number of allylic oxidation sites excluding steroid dienone is 3. The molecule has 1 atom stereocenters. The number of thiazole rings is 1. The van der Waals surface area contributed by atoms with Crippen LogP contribution in [0.25, 0.3) is 0 Å². The number of rotatable bonds is 7. The molecule has 4 rings (SSSR count). The number of nitrogens with one attached hydrogen (secondary N) is 1. The van der Waals surface area contributed by atoms with Crippen LogP contribution in [0.2, 0.25) is 0 Å². The summed E-state index contributed by atoms with van der Waals surface area (Å²) in [5.41, 5.74) is 4.06. The third-order valence-corrected chi connectivity index (χ3v) is 6.54. The summed E-state index contributed by atoms with van der Waals surface area (Å²) in [7, 11) is 2.00. The standard InChI is InChI=1S/C24H27N3O3S/c1-16-20(24(29)30-13-12-27(2)15-17-7-4-3-5-8-17)22(23-25-11-14-31-23)21-18(26-16)9-6-10-19(21)28/h3-5,7-8,11,14,22,26H,6,9-10,12-13,15H2,1-2H3. The normalized spacial score (nSPS) is 18.8. The maximum absolute atomic E-state index is 13.1. The molecule has 2 aliphatic rings. The highest BCUT2D eigenvalue weighted by Crippen LogP contribution is 2.42. The molecule has 0 bridgehead atoms. The van der Waals surface area contributed by atoms with Crippen LogP contribution in [-0.4, -0.2) is 41.8 Å². The van der Waals surface area contributed by atoms with Gasteiger partial charge in [-0.25, -0.2) is 9.78 Å². The lowest BCUT2D eigenvalue weighted by Gasteiger charge is -2.33. The highest BCUT2D eigenvalue weighted by atomic mass is 32.1. The lowest BCUT2D eigenvalue weighted by Crippen LogP contribution is -2.35. The van der Waals surface area contributed by atoms with Crippen molar-refractivity contribution in [3.05, 3.63) is 75.0 Å². The van der Waals surface area contributed by atoms with Gasteiger partial charge >= 0.3 is 5.97 Å². The third kappa shape index (κ3) is 4.78. The first kappa shape index (κ1) is 21.5. The molecule has 0 saturated heterocycles. The summed E-state index contributed by atoms with van der Waals surface area (Å²) >= 11 is 1.46. The van der Waals surface area contributed by atoms with E-state index in [1.165, 1.54) is 16.9 Å². The van der Waals surface area contributed by atoms with Crippen molar-refractivity contribution in [1.29, 1.82) is 0 Å². The summed E-state index contributed by atoms with van der Waals surface area (Å²) in [6.45, 7) is 3.56. The number of esters is 1. The van der Waals surface area contributed by atoms with E-state index in [1.807, 2.05) is 37.6 Å². The molecule has 1 unspecified atom stereocenters. The van der Waals surface area contributed by atoms with E-state index in [9.17, 15) is 9.59 Å². The van der Waals surface area contributed by atoms with Gasteiger partial charge in [-0.15, -0.1) is 11.3 Å². The molecular formula is C24H27N3O3S. The van der Waals surface area contributed by atoms with Crippen molar-refractivity contribution in [3.63, 3.8) is 0 Å². The van der Waals surface area contributed by atoms with Crippen molar-refractivity contribution in [2.45, 2.75) is 38.6 Å². The van der Waals surface area contributed by atoms with E-state index >= 15 is 0 Å². The lowest BCUT2D eigenvalue weighted by molar-refractivity contribution is -0.139. The van der Waals surface area contributed by atoms with Crippen LogP contribution >= 0.6 is 11.3 Å². The molecule has 6 nitrogen and oxygen atoms in total. The summed E-state index contributed by atoms with van der Waals surface area (Å²) < 4.78 is 5.67. The average molecular weight is 438 g/mol. The summed E-state index contributed by atoms with van der Waals surface area (Å²) in [6.07, 6.45) is 3.86. The van der Waals surface area contributed by atoms with Crippen molar-refractivity contribution in [1.82, 2.24) is 15.2 Å². The van der Waals surface area contributed by atoms with Gasteiger partial charge in [0.15, 0.2) is 5.78 Å². The number of ether oxygens (including phenoxy) is 1. The molecule has 0 saturated carbocycles. The van der Waals surface area contributed by atoms with Crippen molar-refractivity contribution >= 4 is 23.1 Å². The predicted molar refractivity (Wildman–Crippen MR) is 120 cm³/mol. The van der Waals surface area contributed by atoms with Crippen LogP contribution in [-0.2, 0) is 20.9 Å². The van der Waals surface area contributed by atoms with E-state index in [0.29, 0.717) is 24.1 Å². The van der Waals surface area contributed by atoms with Gasteiger partial charge in [0.2, 0.25) is 0 Å². The molecule has 2 aromatic rings. The van der Waals surface area contributed by atoms with Crippen LogP contribution in [0.15, 0.2) is 64.4 Å². The zero-order valence-corrected chi connectivity index (χ0v) is 18.7. The Balaban J connectivity index is 1.46. The minimum absolute atomic E-state index is 0.0920. The van der Waals surface area contributed by atoms with Crippen LogP contribution in [0.4, 0.5) is 0 Å². The van der Waals surface area contributed by atoms with E-state index < -0.39 is 5.92 Å². The summed E-state index contributed by atoms with van der Waals surface area (Å²) in [5, 5.41) is 5.95. The highest BCUT2D eigenvalue weighted by Gasteiger charge is 2.40. The molecule has 0 spiro atoms. The molecule has 0 amide bonds. The molecule has 162 valence electrons. The van der Waals surface area contributed by atoms with E-state index in [4.69, 9.17) is 4.74 Å². The van der Waals surface area contributed by atoms with E-state index in [0.717, 1.165) is 35.8 Å². The van der Waals surface area contributed by atoms with E-state index in [2.05, 4.69) is 27.3 Å². The van der Waals surface area contributed by atoms with Crippen LogP contribution in [0, 0.1) is 0 Å². The molecule has 1 aromatic carbocycles. The van der Waals surface area contributed by atoms with Crippen molar-refractivity contribution in [2.75, 3.05) is 20.2 Å². The molecular weight excluding hydrogens is 410 g/mol. The zero-order valence-electron chi connectivity index (χ0n) is 17.9. The number of carbonyl (C=O) groups excluding carboxylic acids is 2. The van der Waals surface area contributed by atoms with Gasteiger partial charge in [0.05, 0.1) is 11.5 Å². The first-order valence-electron chi connectivity index (χ1n) is 10.6. The molecule has 1 aromatic heterocycles. The molecule has 2 heterocycles. The Morgan fingerprint density at radius 3 is 2.84 bits per heavy atom. The molecule has 1 aliphatic heterocycles. The van der Waals surface area contributed by atoms with E-state index in [1.54, 1.807) is 6.20 Å². The van der Waals surface area contributed by atoms with Crippen LogP contribution in [0.3, 0.4) is 0 Å². The first-order chi connectivity index (χ1) is 15.0. The third-order valence-electron chi connectivity index (χ3n) is 5.70. The second kappa shape index (κ2) is 9.58. The maximum Gasteiger partial charge on any atom is 0.336 e. The summed E-state index contributed by atoms with van der Waals surface area (Å²) in [4.78, 5) is 32.5. The van der Waals surface area contributed by atoms with E-state index in [-0.39, 0.29) is 18.4 Å². The number of benzene rings is 1. The summed E-state index contributed by atoms with van der Waals surface area (Å²) in [6, 6.07) is 10.2. The summed E-state index contributed by atoms with van der Waals surface area (Å²) in [5.74, 6) is -0.740. The van der Waals surface area contributed by atoms with Gasteiger partial charge in [-0.3, -0.25) is 9.69 Å². The topological polar surface area (TPSA) is 71.5 Å². The second-order valence-corrected chi connectivity index (χ2v) is 8.92. The lowest BCUT2D eigenvalue weighted by atomic mass is 9.79. The minimum Gasteiger partial charge on any atom is -0.461 e. The first-order valence-corrected chi connectivity index (χ1v) is 11.5. The van der Waals surface area contributed by atoms with Gasteiger partial charge in [0.25, 0.3) is 0 Å². The fourth-order valence-corrected chi connectivity index (χ4v) is 4.98. The number of hydrogen-bond donors (Lipinski definition) is 1. The Kier molecular flexibility index (Phi) is 6.63. The van der Waals surface area contributed by atoms with Crippen molar-refractivity contribution in [3.8, 4) is 0 Å². The van der Waals surface area contributed by atoms with Gasteiger partial charge < -0.3 is 10.1 Å². The van der Waals surface area contributed by atoms with Gasteiger partial charge in [-0.2, -0.15) is 0 Å². The SMILES string of the molecule is CC1=C(C(=O)OCCN(C)Cc2ccccc2)C(c2nccs2)C2=C(CCCC2=O)N1. The Morgan fingerprint density at radius 2 is 2.10 bits per heavy atom. The van der Waals surface area contributed by atoms with Crippen LogP contribution in [0.5, 0.6) is 0 Å². The number of hydrogen-bond acceptors (Lipinski definition) is 7. The quantitative estimate of drug-likeness (QED) is 0.665.